The highest BCUT2D eigenvalue weighted by atomic mass is 32.2. The van der Waals surface area contributed by atoms with Gasteiger partial charge in [-0.1, -0.05) is 0 Å². The van der Waals surface area contributed by atoms with Gasteiger partial charge < -0.3 is 14.8 Å². The highest BCUT2D eigenvalue weighted by Crippen LogP contribution is 2.31. The number of aromatic amines is 1. The summed E-state index contributed by atoms with van der Waals surface area (Å²) < 4.78 is 24.8. The van der Waals surface area contributed by atoms with Gasteiger partial charge in [0, 0.05) is 49.8 Å². The third kappa shape index (κ3) is 5.06. The molecule has 2 heterocycles. The maximum atomic E-state index is 12.4. The second kappa shape index (κ2) is 8.37. The monoisotopic (exact) mass is 400 g/mol. The molecule has 3 rings (SSSR count). The molecule has 0 bridgehead atoms. The second-order valence-corrected chi connectivity index (χ2v) is 7.77. The Bertz CT molecular complexity index is 774. The minimum Gasteiger partial charge on any atom is -0.339 e. The number of H-pyrrole nitrogens is 1. The number of aromatic nitrogens is 2. The molecule has 148 valence electrons. The number of carbonyl (C=O) groups excluding carboxylic acids is 2. The van der Waals surface area contributed by atoms with E-state index in [1.807, 2.05) is 4.90 Å². The smallest absolute Gasteiger partial charge is 0.291 e. The van der Waals surface area contributed by atoms with Gasteiger partial charge in [-0.2, -0.15) is 8.78 Å². The van der Waals surface area contributed by atoms with Crippen LogP contribution in [0.1, 0.15) is 30.5 Å². The molecule has 1 saturated carbocycles. The van der Waals surface area contributed by atoms with Crippen LogP contribution < -0.4 is 5.56 Å². The minimum atomic E-state index is -2.66. The Hall–Kier alpha value is -1.97. The fraction of sp³-hybridized carbons (Fsp3) is 0.647. The first-order valence-electron chi connectivity index (χ1n) is 8.96. The second-order valence-electron chi connectivity index (χ2n) is 6.79. The van der Waals surface area contributed by atoms with Crippen molar-refractivity contribution in [3.63, 3.8) is 0 Å². The summed E-state index contributed by atoms with van der Waals surface area (Å²) in [5, 5.41) is -0.126. The van der Waals surface area contributed by atoms with Gasteiger partial charge in [-0.25, -0.2) is 4.98 Å². The van der Waals surface area contributed by atoms with E-state index >= 15 is 0 Å². The molecule has 0 radical (unpaired) electrons. The molecule has 1 aliphatic carbocycles. The molecule has 10 heteroatoms. The Morgan fingerprint density at radius 3 is 2.41 bits per heavy atom. The van der Waals surface area contributed by atoms with E-state index in [4.69, 9.17) is 0 Å². The zero-order chi connectivity index (χ0) is 19.6. The molecule has 0 aromatic carbocycles. The van der Waals surface area contributed by atoms with Crippen LogP contribution in [0.25, 0.3) is 0 Å². The molecule has 1 aromatic rings. The van der Waals surface area contributed by atoms with Gasteiger partial charge in [-0.3, -0.25) is 14.4 Å². The number of nitrogens with zero attached hydrogens (tertiary/aromatic N) is 3. The summed E-state index contributed by atoms with van der Waals surface area (Å²) in [7, 11) is 0. The molecule has 2 fully saturated rings. The summed E-state index contributed by atoms with van der Waals surface area (Å²) in [6, 6.07) is 0. The van der Waals surface area contributed by atoms with Gasteiger partial charge in [0.2, 0.25) is 11.8 Å². The maximum Gasteiger partial charge on any atom is 0.291 e. The number of carbonyl (C=O) groups is 2. The first-order valence-corrected chi connectivity index (χ1v) is 9.84. The Balaban J connectivity index is 1.52. The quantitative estimate of drug-likeness (QED) is 0.576. The molecule has 7 nitrogen and oxygen atoms in total. The first-order chi connectivity index (χ1) is 12.8. The molecule has 1 N–H and O–H groups in total. The number of hydrogen-bond donors (Lipinski definition) is 1. The van der Waals surface area contributed by atoms with Crippen molar-refractivity contribution in [1.82, 2.24) is 19.8 Å². The van der Waals surface area contributed by atoms with E-state index in [2.05, 4.69) is 9.97 Å². The molecule has 2 amide bonds. The molecule has 0 spiro atoms. The Morgan fingerprint density at radius 1 is 1.22 bits per heavy atom. The van der Waals surface area contributed by atoms with Gasteiger partial charge in [0.15, 0.2) is 5.16 Å². The Labute approximate surface area is 159 Å². The zero-order valence-corrected chi connectivity index (χ0v) is 15.9. The van der Waals surface area contributed by atoms with E-state index in [1.54, 1.807) is 11.8 Å². The van der Waals surface area contributed by atoms with Crippen LogP contribution in [0, 0.1) is 12.8 Å². The van der Waals surface area contributed by atoms with Crippen LogP contribution in [0.3, 0.4) is 0 Å². The van der Waals surface area contributed by atoms with Crippen LogP contribution in [-0.4, -0.2) is 63.5 Å². The molecule has 1 saturated heterocycles. The van der Waals surface area contributed by atoms with Crippen molar-refractivity contribution in [2.24, 2.45) is 5.92 Å². The third-order valence-corrected chi connectivity index (χ3v) is 5.46. The lowest BCUT2D eigenvalue weighted by Gasteiger charge is -2.35. The van der Waals surface area contributed by atoms with Gasteiger partial charge in [0.05, 0.1) is 0 Å². The van der Waals surface area contributed by atoms with Gasteiger partial charge in [0.25, 0.3) is 11.3 Å². The van der Waals surface area contributed by atoms with Crippen molar-refractivity contribution in [2.75, 3.05) is 26.2 Å². The molecule has 0 unspecified atom stereocenters. The molecular formula is C17H22F2N4O3S. The van der Waals surface area contributed by atoms with Crippen molar-refractivity contribution >= 4 is 23.6 Å². The van der Waals surface area contributed by atoms with Crippen LogP contribution in [-0.2, 0) is 16.0 Å². The predicted octanol–water partition coefficient (Wildman–Crippen LogP) is 1.41. The SMILES string of the molecule is Cc1nc(SC(F)F)[nH]c(=O)c1CCC(=O)N1CCN(C(=O)C2CC2)CC1. The van der Waals surface area contributed by atoms with Gasteiger partial charge in [-0.15, -0.1) is 0 Å². The van der Waals surface area contributed by atoms with E-state index in [0.29, 0.717) is 37.4 Å². The number of hydrogen-bond acceptors (Lipinski definition) is 5. The van der Waals surface area contributed by atoms with Gasteiger partial charge in [-0.05, 0) is 37.9 Å². The summed E-state index contributed by atoms with van der Waals surface area (Å²) in [4.78, 5) is 46.4. The van der Waals surface area contributed by atoms with Crippen LogP contribution in [0.2, 0.25) is 0 Å². The van der Waals surface area contributed by atoms with Crippen molar-refractivity contribution in [2.45, 2.75) is 43.5 Å². The average Bonchev–Trinajstić information content (AvgIpc) is 3.45. The van der Waals surface area contributed by atoms with E-state index in [0.717, 1.165) is 12.8 Å². The van der Waals surface area contributed by atoms with Crippen LogP contribution in [0.5, 0.6) is 0 Å². The van der Waals surface area contributed by atoms with Crippen molar-refractivity contribution in [3.8, 4) is 0 Å². The number of thioether (sulfide) groups is 1. The molecule has 2 aliphatic rings. The van der Waals surface area contributed by atoms with Gasteiger partial charge >= 0.3 is 0 Å². The number of halogens is 2. The Morgan fingerprint density at radius 2 is 1.85 bits per heavy atom. The number of piperazine rings is 1. The van der Waals surface area contributed by atoms with Crippen LogP contribution in [0.4, 0.5) is 8.78 Å². The number of rotatable bonds is 6. The molecule has 1 aromatic heterocycles. The summed E-state index contributed by atoms with van der Waals surface area (Å²) >= 11 is 0.184. The average molecular weight is 400 g/mol. The Kier molecular flexibility index (Phi) is 6.13. The highest BCUT2D eigenvalue weighted by molar-refractivity contribution is 7.99. The van der Waals surface area contributed by atoms with Crippen LogP contribution in [0.15, 0.2) is 9.95 Å². The number of alkyl halides is 2. The minimum absolute atomic E-state index is 0.0849. The summed E-state index contributed by atoms with van der Waals surface area (Å²) in [5.41, 5.74) is 0.206. The largest absolute Gasteiger partial charge is 0.339 e. The third-order valence-electron chi connectivity index (χ3n) is 4.86. The summed E-state index contributed by atoms with van der Waals surface area (Å²) in [6.45, 7) is 3.65. The van der Waals surface area contributed by atoms with Crippen LogP contribution >= 0.6 is 11.8 Å². The standard InChI is InChI=1S/C17H22F2N4O3S/c1-10-12(14(25)21-17(20-10)27-16(18)19)4-5-13(24)22-6-8-23(9-7-22)15(26)11-2-3-11/h11,16H,2-9H2,1H3,(H,20,21,25). The normalized spacial score (nSPS) is 17.5. The van der Waals surface area contributed by atoms with E-state index < -0.39 is 11.3 Å². The lowest BCUT2D eigenvalue weighted by Crippen LogP contribution is -2.51. The summed E-state index contributed by atoms with van der Waals surface area (Å²) in [6.07, 6.45) is 2.28. The maximum absolute atomic E-state index is 12.4. The number of nitrogens with one attached hydrogen (secondary N) is 1. The lowest BCUT2D eigenvalue weighted by molar-refractivity contribution is -0.140. The topological polar surface area (TPSA) is 86.4 Å². The zero-order valence-electron chi connectivity index (χ0n) is 15.0. The highest BCUT2D eigenvalue weighted by Gasteiger charge is 2.35. The molecule has 27 heavy (non-hydrogen) atoms. The number of amides is 2. The fourth-order valence-electron chi connectivity index (χ4n) is 3.17. The van der Waals surface area contributed by atoms with Gasteiger partial charge in [0.1, 0.15) is 0 Å². The van der Waals surface area contributed by atoms with E-state index in [-0.39, 0.29) is 47.5 Å². The van der Waals surface area contributed by atoms with Crippen molar-refractivity contribution < 1.29 is 18.4 Å². The lowest BCUT2D eigenvalue weighted by atomic mass is 10.1. The van der Waals surface area contributed by atoms with E-state index in [9.17, 15) is 23.2 Å². The predicted molar refractivity (Wildman–Crippen MR) is 95.7 cm³/mol. The molecule has 1 aliphatic heterocycles. The van der Waals surface area contributed by atoms with E-state index in [1.165, 1.54) is 0 Å². The van der Waals surface area contributed by atoms with Crippen molar-refractivity contribution in [3.05, 3.63) is 21.6 Å². The number of aryl methyl sites for hydroxylation is 1. The van der Waals surface area contributed by atoms with Crippen molar-refractivity contribution in [1.29, 1.82) is 0 Å². The molecule has 0 atom stereocenters. The molecular weight excluding hydrogens is 378 g/mol. The first kappa shape index (κ1) is 19.8. The fourth-order valence-corrected chi connectivity index (χ4v) is 3.68. The summed E-state index contributed by atoms with van der Waals surface area (Å²) in [5.74, 6) is -2.37.